The molecule has 2 N–H and O–H groups in total. The molecule has 2 aromatic rings. The van der Waals surface area contributed by atoms with Crippen LogP contribution < -0.4 is 10.6 Å². The lowest BCUT2D eigenvalue weighted by Gasteiger charge is -2.29. The SMILES string of the molecule is CC[N+](C)(C)CCCNc1ccc(NCCC[N+](C)(C)CC)c2c1C(=O)c1ccccc1C2=O. The molecular formula is C28H42N4O2+2. The van der Waals surface area contributed by atoms with Crippen molar-refractivity contribution in [2.45, 2.75) is 26.7 Å². The number of quaternary nitrogens is 2. The van der Waals surface area contributed by atoms with Crippen LogP contribution in [0.1, 0.15) is 58.5 Å². The molecule has 3 rings (SSSR count). The van der Waals surface area contributed by atoms with Gasteiger partial charge in [-0.2, -0.15) is 0 Å². The van der Waals surface area contributed by atoms with Gasteiger partial charge in [0.15, 0.2) is 11.6 Å². The van der Waals surface area contributed by atoms with Crippen LogP contribution in [0.25, 0.3) is 0 Å². The van der Waals surface area contributed by atoms with E-state index in [1.54, 1.807) is 12.1 Å². The molecule has 0 amide bonds. The van der Waals surface area contributed by atoms with Crippen molar-refractivity contribution in [3.05, 3.63) is 58.7 Å². The molecule has 1 aliphatic carbocycles. The Labute approximate surface area is 205 Å². The Morgan fingerprint density at radius 3 is 1.38 bits per heavy atom. The summed E-state index contributed by atoms with van der Waals surface area (Å²) in [6, 6.07) is 11.1. The molecule has 0 aliphatic heterocycles. The first-order chi connectivity index (χ1) is 16.1. The smallest absolute Gasteiger partial charge is 0.196 e. The molecule has 0 saturated heterocycles. The van der Waals surface area contributed by atoms with Gasteiger partial charge in [-0.15, -0.1) is 0 Å². The van der Waals surface area contributed by atoms with E-state index in [9.17, 15) is 9.59 Å². The molecule has 0 radical (unpaired) electrons. The van der Waals surface area contributed by atoms with Crippen LogP contribution in [-0.4, -0.2) is 88.0 Å². The Morgan fingerprint density at radius 2 is 1.03 bits per heavy atom. The third-order valence-electron chi connectivity index (χ3n) is 7.30. The fourth-order valence-electron chi connectivity index (χ4n) is 4.29. The predicted octanol–water partition coefficient (Wildman–Crippen LogP) is 4.26. The molecule has 6 heteroatoms. The van der Waals surface area contributed by atoms with Gasteiger partial charge in [-0.05, 0) is 26.0 Å². The Morgan fingerprint density at radius 1 is 0.647 bits per heavy atom. The lowest BCUT2D eigenvalue weighted by atomic mass is 9.82. The topological polar surface area (TPSA) is 58.2 Å². The van der Waals surface area contributed by atoms with Gasteiger partial charge in [0, 0.05) is 48.4 Å². The molecule has 0 heterocycles. The second-order valence-corrected chi connectivity index (χ2v) is 10.6. The standard InChI is InChI=1S/C28H40N4O2/c1-7-31(3,4)19-11-17-29-23-15-16-24(30-18-12-20-32(5,6)8-2)26-25(23)27(33)21-13-9-10-14-22(21)28(26)34/h9-10,13-16H,7-8,11-12,17-20H2,1-6H3/p+2. The zero-order chi connectivity index (χ0) is 24.9. The number of nitrogens with zero attached hydrogens (tertiary/aromatic N) is 2. The van der Waals surface area contributed by atoms with Crippen LogP contribution in [0, 0.1) is 0 Å². The third-order valence-corrected chi connectivity index (χ3v) is 7.30. The molecule has 2 aromatic carbocycles. The van der Waals surface area contributed by atoms with Gasteiger partial charge < -0.3 is 19.6 Å². The lowest BCUT2D eigenvalue weighted by molar-refractivity contribution is -0.888. The van der Waals surface area contributed by atoms with Gasteiger partial charge in [-0.25, -0.2) is 0 Å². The quantitative estimate of drug-likeness (QED) is 0.309. The van der Waals surface area contributed by atoms with E-state index < -0.39 is 0 Å². The van der Waals surface area contributed by atoms with Gasteiger partial charge in [-0.1, -0.05) is 24.3 Å². The fourth-order valence-corrected chi connectivity index (χ4v) is 4.29. The first-order valence-electron chi connectivity index (χ1n) is 12.6. The van der Waals surface area contributed by atoms with E-state index in [0.29, 0.717) is 22.3 Å². The van der Waals surface area contributed by atoms with E-state index in [0.717, 1.165) is 72.5 Å². The van der Waals surface area contributed by atoms with Crippen LogP contribution in [0.4, 0.5) is 11.4 Å². The molecule has 1 aliphatic rings. The number of fused-ring (bicyclic) bond motifs is 2. The monoisotopic (exact) mass is 466 g/mol. The van der Waals surface area contributed by atoms with Crippen LogP contribution in [0.2, 0.25) is 0 Å². The van der Waals surface area contributed by atoms with E-state index in [4.69, 9.17) is 0 Å². The van der Waals surface area contributed by atoms with Gasteiger partial charge in [0.05, 0.1) is 65.5 Å². The van der Waals surface area contributed by atoms with E-state index in [-0.39, 0.29) is 11.6 Å². The number of benzene rings is 2. The van der Waals surface area contributed by atoms with Crippen molar-refractivity contribution in [1.29, 1.82) is 0 Å². The summed E-state index contributed by atoms with van der Waals surface area (Å²) in [6.07, 6.45) is 1.97. The minimum Gasteiger partial charge on any atom is -0.384 e. The number of ketones is 2. The Bertz CT molecular complexity index is 961. The van der Waals surface area contributed by atoms with Crippen LogP contribution in [0.3, 0.4) is 0 Å². The summed E-state index contributed by atoms with van der Waals surface area (Å²) in [5.41, 5.74) is 3.49. The van der Waals surface area contributed by atoms with E-state index >= 15 is 0 Å². The highest BCUT2D eigenvalue weighted by Gasteiger charge is 2.33. The highest BCUT2D eigenvalue weighted by molar-refractivity contribution is 6.31. The minimum atomic E-state index is -0.0789. The number of rotatable bonds is 12. The van der Waals surface area contributed by atoms with E-state index in [2.05, 4.69) is 52.7 Å². The summed E-state index contributed by atoms with van der Waals surface area (Å²) in [5, 5.41) is 6.92. The van der Waals surface area contributed by atoms with Gasteiger partial charge in [-0.3, -0.25) is 9.59 Å². The summed E-state index contributed by atoms with van der Waals surface area (Å²) in [4.78, 5) is 27.1. The normalized spacial score (nSPS) is 13.5. The van der Waals surface area contributed by atoms with Crippen LogP contribution in [0.15, 0.2) is 36.4 Å². The number of anilines is 2. The molecular weight excluding hydrogens is 424 g/mol. The zero-order valence-corrected chi connectivity index (χ0v) is 21.8. The van der Waals surface area contributed by atoms with Gasteiger partial charge in [0.1, 0.15) is 0 Å². The van der Waals surface area contributed by atoms with E-state index in [1.165, 1.54) is 0 Å². The van der Waals surface area contributed by atoms with Crippen LogP contribution in [-0.2, 0) is 0 Å². The summed E-state index contributed by atoms with van der Waals surface area (Å²) >= 11 is 0. The minimum absolute atomic E-state index is 0.0789. The number of carbonyl (C=O) groups excluding carboxylic acids is 2. The predicted molar refractivity (Wildman–Crippen MR) is 141 cm³/mol. The molecule has 0 unspecified atom stereocenters. The van der Waals surface area contributed by atoms with Crippen molar-refractivity contribution >= 4 is 22.9 Å². The Balaban J connectivity index is 1.85. The highest BCUT2D eigenvalue weighted by Crippen LogP contribution is 2.36. The number of nitrogens with one attached hydrogen (secondary N) is 2. The maximum absolute atomic E-state index is 13.5. The average molecular weight is 467 g/mol. The maximum Gasteiger partial charge on any atom is 0.196 e. The maximum atomic E-state index is 13.5. The molecule has 0 fully saturated rings. The van der Waals surface area contributed by atoms with Crippen molar-refractivity contribution in [1.82, 2.24) is 0 Å². The third kappa shape index (κ3) is 5.86. The van der Waals surface area contributed by atoms with Crippen molar-refractivity contribution in [3.8, 4) is 0 Å². The van der Waals surface area contributed by atoms with E-state index in [1.807, 2.05) is 24.3 Å². The number of hydrogen-bond donors (Lipinski definition) is 2. The molecule has 0 atom stereocenters. The molecule has 0 saturated carbocycles. The average Bonchev–Trinajstić information content (AvgIpc) is 2.83. The molecule has 184 valence electrons. The summed E-state index contributed by atoms with van der Waals surface area (Å²) in [6.45, 7) is 10.2. The van der Waals surface area contributed by atoms with Gasteiger partial charge in [0.25, 0.3) is 0 Å². The van der Waals surface area contributed by atoms with Gasteiger partial charge in [0.2, 0.25) is 0 Å². The van der Waals surface area contributed by atoms with Crippen molar-refractivity contribution < 1.29 is 18.6 Å². The molecule has 0 aromatic heterocycles. The molecule has 6 nitrogen and oxygen atoms in total. The largest absolute Gasteiger partial charge is 0.384 e. The number of carbonyl (C=O) groups is 2. The van der Waals surface area contributed by atoms with Crippen molar-refractivity contribution in [3.63, 3.8) is 0 Å². The highest BCUT2D eigenvalue weighted by atomic mass is 16.1. The van der Waals surface area contributed by atoms with Crippen LogP contribution >= 0.6 is 0 Å². The fraction of sp³-hybridized carbons (Fsp3) is 0.500. The number of hydrogen-bond acceptors (Lipinski definition) is 4. The first kappa shape index (κ1) is 25.9. The summed E-state index contributed by atoms with van der Waals surface area (Å²) in [5.74, 6) is -0.158. The van der Waals surface area contributed by atoms with Crippen molar-refractivity contribution in [2.24, 2.45) is 0 Å². The second-order valence-electron chi connectivity index (χ2n) is 10.6. The summed E-state index contributed by atoms with van der Waals surface area (Å²) in [7, 11) is 8.90. The second kappa shape index (κ2) is 10.7. The zero-order valence-electron chi connectivity index (χ0n) is 21.8. The first-order valence-corrected chi connectivity index (χ1v) is 12.6. The molecule has 34 heavy (non-hydrogen) atoms. The Hall–Kier alpha value is -2.70. The summed E-state index contributed by atoms with van der Waals surface area (Å²) < 4.78 is 1.92. The molecule has 0 bridgehead atoms. The van der Waals surface area contributed by atoms with Gasteiger partial charge >= 0.3 is 0 Å². The van der Waals surface area contributed by atoms with Crippen LogP contribution in [0.5, 0.6) is 0 Å². The lowest BCUT2D eigenvalue weighted by Crippen LogP contribution is -2.40. The Kier molecular flexibility index (Phi) is 8.16. The molecule has 0 spiro atoms. The van der Waals surface area contributed by atoms with Crippen molar-refractivity contribution in [2.75, 3.05) is 78.1 Å².